The number of morpholine rings is 1. The van der Waals surface area contributed by atoms with Gasteiger partial charge in [0.1, 0.15) is 0 Å². The van der Waals surface area contributed by atoms with E-state index in [9.17, 15) is 4.79 Å². The van der Waals surface area contributed by atoms with Crippen molar-refractivity contribution in [3.05, 3.63) is 35.9 Å². The van der Waals surface area contributed by atoms with Crippen molar-refractivity contribution in [3.63, 3.8) is 0 Å². The molecule has 1 unspecified atom stereocenters. The number of likely N-dealkylation sites (tertiary alicyclic amines) is 1. The minimum absolute atomic E-state index is 0.0547. The van der Waals surface area contributed by atoms with E-state index < -0.39 is 0 Å². The molecule has 0 bridgehead atoms. The summed E-state index contributed by atoms with van der Waals surface area (Å²) in [6.07, 6.45) is 2.27. The highest BCUT2D eigenvalue weighted by Gasteiger charge is 2.30. The first-order valence-corrected chi connectivity index (χ1v) is 9.45. The Bertz CT molecular complexity index is 561. The van der Waals surface area contributed by atoms with Gasteiger partial charge in [-0.2, -0.15) is 0 Å². The summed E-state index contributed by atoms with van der Waals surface area (Å²) in [5.74, 6) is 0.564. The van der Waals surface area contributed by atoms with Crippen molar-refractivity contribution in [3.8, 4) is 0 Å². The molecule has 0 saturated carbocycles. The molecular weight excluding hydrogens is 314 g/mol. The smallest absolute Gasteiger partial charge is 0.317 e. The quantitative estimate of drug-likeness (QED) is 0.891. The van der Waals surface area contributed by atoms with Crippen LogP contribution in [0.5, 0.6) is 0 Å². The molecule has 0 radical (unpaired) electrons. The van der Waals surface area contributed by atoms with Crippen molar-refractivity contribution < 1.29 is 9.53 Å². The van der Waals surface area contributed by atoms with Crippen molar-refractivity contribution in [1.29, 1.82) is 0 Å². The standard InChI is InChI=1S/C20H31N3O2/c1-20(2)16-23(12-13-25-20)19(24)21-14-18-9-11-22(15-18)10-8-17-6-4-3-5-7-17/h3-7,18H,8-16H2,1-2H3,(H,21,24). The number of amides is 2. The molecule has 5 heteroatoms. The summed E-state index contributed by atoms with van der Waals surface area (Å²) in [6.45, 7) is 10.1. The molecular formula is C20H31N3O2. The molecule has 0 aromatic heterocycles. The summed E-state index contributed by atoms with van der Waals surface area (Å²) in [5, 5.41) is 3.13. The third-order valence-electron chi connectivity index (χ3n) is 5.18. The van der Waals surface area contributed by atoms with Gasteiger partial charge < -0.3 is 19.9 Å². The predicted octanol–water partition coefficient (Wildman–Crippen LogP) is 2.37. The maximum absolute atomic E-state index is 12.4. The molecule has 0 aliphatic carbocycles. The molecule has 25 heavy (non-hydrogen) atoms. The summed E-state index contributed by atoms with van der Waals surface area (Å²) in [5.41, 5.74) is 1.16. The number of nitrogens with zero attached hydrogens (tertiary/aromatic N) is 2. The van der Waals surface area contributed by atoms with Gasteiger partial charge in [-0.25, -0.2) is 4.79 Å². The Labute approximate surface area is 151 Å². The Morgan fingerprint density at radius 2 is 2.08 bits per heavy atom. The number of rotatable bonds is 5. The topological polar surface area (TPSA) is 44.8 Å². The second-order valence-electron chi connectivity index (χ2n) is 7.91. The molecule has 3 rings (SSSR count). The molecule has 1 N–H and O–H groups in total. The Kier molecular flexibility index (Phi) is 5.97. The minimum Gasteiger partial charge on any atom is -0.372 e. The van der Waals surface area contributed by atoms with Gasteiger partial charge in [0.25, 0.3) is 0 Å². The first-order valence-electron chi connectivity index (χ1n) is 9.45. The van der Waals surface area contributed by atoms with Crippen molar-refractivity contribution in [2.45, 2.75) is 32.3 Å². The van der Waals surface area contributed by atoms with Crippen LogP contribution in [0.25, 0.3) is 0 Å². The van der Waals surface area contributed by atoms with Gasteiger partial charge in [-0.05, 0) is 44.7 Å². The van der Waals surface area contributed by atoms with Gasteiger partial charge >= 0.3 is 6.03 Å². The average Bonchev–Trinajstić information content (AvgIpc) is 3.06. The van der Waals surface area contributed by atoms with E-state index in [2.05, 4.69) is 40.5 Å². The normalized spacial score (nSPS) is 23.6. The van der Waals surface area contributed by atoms with Crippen LogP contribution in [-0.4, -0.2) is 67.3 Å². The lowest BCUT2D eigenvalue weighted by molar-refractivity contribution is -0.0733. The van der Waals surface area contributed by atoms with E-state index >= 15 is 0 Å². The molecule has 2 heterocycles. The van der Waals surface area contributed by atoms with Crippen LogP contribution < -0.4 is 5.32 Å². The van der Waals surface area contributed by atoms with Crippen LogP contribution in [0, 0.1) is 5.92 Å². The summed E-state index contributed by atoms with van der Waals surface area (Å²) in [7, 11) is 0. The molecule has 2 amide bonds. The highest BCUT2D eigenvalue weighted by atomic mass is 16.5. The SMILES string of the molecule is CC1(C)CN(C(=O)NCC2CCN(CCc3ccccc3)C2)CCO1. The average molecular weight is 345 g/mol. The lowest BCUT2D eigenvalue weighted by Gasteiger charge is -2.38. The van der Waals surface area contributed by atoms with Crippen LogP contribution in [0.3, 0.4) is 0 Å². The molecule has 5 nitrogen and oxygen atoms in total. The lowest BCUT2D eigenvalue weighted by Crippen LogP contribution is -2.54. The second kappa shape index (κ2) is 8.19. The molecule has 1 aromatic carbocycles. The Morgan fingerprint density at radius 3 is 2.84 bits per heavy atom. The van der Waals surface area contributed by atoms with E-state index in [0.29, 0.717) is 25.6 Å². The van der Waals surface area contributed by atoms with Crippen LogP contribution >= 0.6 is 0 Å². The van der Waals surface area contributed by atoms with Gasteiger partial charge in [-0.15, -0.1) is 0 Å². The molecule has 138 valence electrons. The van der Waals surface area contributed by atoms with Crippen LogP contribution in [0.4, 0.5) is 4.79 Å². The summed E-state index contributed by atoms with van der Waals surface area (Å²) in [6, 6.07) is 10.7. The third-order valence-corrected chi connectivity index (χ3v) is 5.18. The summed E-state index contributed by atoms with van der Waals surface area (Å²) < 4.78 is 5.67. The molecule has 0 spiro atoms. The molecule has 2 aliphatic heterocycles. The second-order valence-corrected chi connectivity index (χ2v) is 7.91. The van der Waals surface area contributed by atoms with E-state index in [-0.39, 0.29) is 11.6 Å². The van der Waals surface area contributed by atoms with Gasteiger partial charge in [-0.1, -0.05) is 30.3 Å². The van der Waals surface area contributed by atoms with E-state index in [0.717, 1.165) is 32.6 Å². The molecule has 2 fully saturated rings. The zero-order chi connectivity index (χ0) is 17.7. The maximum Gasteiger partial charge on any atom is 0.317 e. The van der Waals surface area contributed by atoms with E-state index in [4.69, 9.17) is 4.74 Å². The molecule has 1 aromatic rings. The maximum atomic E-state index is 12.4. The van der Waals surface area contributed by atoms with Crippen LogP contribution in [0.15, 0.2) is 30.3 Å². The minimum atomic E-state index is -0.239. The van der Waals surface area contributed by atoms with E-state index in [1.807, 2.05) is 18.7 Å². The highest BCUT2D eigenvalue weighted by molar-refractivity contribution is 5.74. The number of carbonyl (C=O) groups is 1. The van der Waals surface area contributed by atoms with Crippen molar-refractivity contribution >= 4 is 6.03 Å². The monoisotopic (exact) mass is 345 g/mol. The molecule has 2 saturated heterocycles. The number of carbonyl (C=O) groups excluding carboxylic acids is 1. The highest BCUT2D eigenvalue weighted by Crippen LogP contribution is 2.18. The third kappa shape index (κ3) is 5.44. The van der Waals surface area contributed by atoms with Gasteiger partial charge in [0.2, 0.25) is 0 Å². The number of nitrogens with one attached hydrogen (secondary N) is 1. The number of hydrogen-bond acceptors (Lipinski definition) is 3. The first-order chi connectivity index (χ1) is 12.0. The zero-order valence-corrected chi connectivity index (χ0v) is 15.5. The number of hydrogen-bond donors (Lipinski definition) is 1. The Balaban J connectivity index is 1.36. The number of benzene rings is 1. The fraction of sp³-hybridized carbons (Fsp3) is 0.650. The van der Waals surface area contributed by atoms with Gasteiger partial charge in [0.15, 0.2) is 0 Å². The van der Waals surface area contributed by atoms with E-state index in [1.54, 1.807) is 0 Å². The van der Waals surface area contributed by atoms with Crippen LogP contribution in [0.1, 0.15) is 25.8 Å². The van der Waals surface area contributed by atoms with Gasteiger partial charge in [-0.3, -0.25) is 0 Å². The Morgan fingerprint density at radius 1 is 1.28 bits per heavy atom. The predicted molar refractivity (Wildman–Crippen MR) is 99.7 cm³/mol. The zero-order valence-electron chi connectivity index (χ0n) is 15.5. The van der Waals surface area contributed by atoms with E-state index in [1.165, 1.54) is 12.0 Å². The van der Waals surface area contributed by atoms with Gasteiger partial charge in [0.05, 0.1) is 18.8 Å². The lowest BCUT2D eigenvalue weighted by atomic mass is 10.1. The molecule has 1 atom stereocenters. The largest absolute Gasteiger partial charge is 0.372 e. The van der Waals surface area contributed by atoms with Crippen molar-refractivity contribution in [2.75, 3.05) is 45.9 Å². The Hall–Kier alpha value is -1.59. The van der Waals surface area contributed by atoms with Crippen molar-refractivity contribution in [1.82, 2.24) is 15.1 Å². The number of urea groups is 1. The van der Waals surface area contributed by atoms with Crippen LogP contribution in [-0.2, 0) is 11.2 Å². The van der Waals surface area contributed by atoms with Gasteiger partial charge in [0, 0.05) is 26.2 Å². The van der Waals surface area contributed by atoms with Crippen molar-refractivity contribution in [2.24, 2.45) is 5.92 Å². The van der Waals surface area contributed by atoms with Crippen LogP contribution in [0.2, 0.25) is 0 Å². The number of ether oxygens (including phenoxy) is 1. The summed E-state index contributed by atoms with van der Waals surface area (Å²) in [4.78, 5) is 16.8. The fourth-order valence-corrected chi connectivity index (χ4v) is 3.75. The molecule has 2 aliphatic rings. The summed E-state index contributed by atoms with van der Waals surface area (Å²) >= 11 is 0. The fourth-order valence-electron chi connectivity index (χ4n) is 3.75. The first kappa shape index (κ1) is 18.2.